The molecule has 1 rings (SSSR count). The van der Waals surface area contributed by atoms with Crippen molar-refractivity contribution < 1.29 is 23.4 Å². The third-order valence-corrected chi connectivity index (χ3v) is 2.41. The number of esters is 1. The van der Waals surface area contributed by atoms with Crippen LogP contribution in [0.15, 0.2) is 34.8 Å². The smallest absolute Gasteiger partial charge is 0.334 e. The van der Waals surface area contributed by atoms with Gasteiger partial charge in [0.15, 0.2) is 0 Å². The minimum absolute atomic E-state index is 0.218. The van der Waals surface area contributed by atoms with Crippen LogP contribution in [0.4, 0.5) is 0 Å². The number of carbonyl (C=O) groups excluding carboxylic acids is 1. The summed E-state index contributed by atoms with van der Waals surface area (Å²) in [5.41, 5.74) is 0.893. The Hall–Kier alpha value is -1.75. The van der Waals surface area contributed by atoms with Crippen molar-refractivity contribution >= 4 is 5.97 Å². The van der Waals surface area contributed by atoms with E-state index in [1.54, 1.807) is 26.6 Å². The summed E-state index contributed by atoms with van der Waals surface area (Å²) in [5.74, 6) is 0.0814. The molecule has 0 saturated carbocycles. The average Bonchev–Trinajstić information content (AvgIpc) is 2.88. The summed E-state index contributed by atoms with van der Waals surface area (Å²) < 4.78 is 20.3. The topological polar surface area (TPSA) is 57.9 Å². The Morgan fingerprint density at radius 1 is 1.50 bits per heavy atom. The molecular weight excluding hydrogens is 236 g/mol. The molecule has 0 fully saturated rings. The van der Waals surface area contributed by atoms with Gasteiger partial charge in [-0.15, -0.1) is 0 Å². The van der Waals surface area contributed by atoms with E-state index in [0.717, 1.165) is 5.56 Å². The first-order chi connectivity index (χ1) is 8.71. The van der Waals surface area contributed by atoms with Gasteiger partial charge in [0.25, 0.3) is 0 Å². The summed E-state index contributed by atoms with van der Waals surface area (Å²) in [6, 6.07) is 1.81. The SMILES string of the molecule is CCOC(=O)/C=C(/CC(OC)c1ccoc1)OC. The maximum atomic E-state index is 11.3. The van der Waals surface area contributed by atoms with Crippen molar-refractivity contribution in [3.63, 3.8) is 0 Å². The van der Waals surface area contributed by atoms with E-state index < -0.39 is 5.97 Å². The first kappa shape index (κ1) is 14.3. The fraction of sp³-hybridized carbons (Fsp3) is 0.462. The van der Waals surface area contributed by atoms with Gasteiger partial charge in [0, 0.05) is 19.1 Å². The van der Waals surface area contributed by atoms with Crippen LogP contribution in [0, 0.1) is 0 Å². The van der Waals surface area contributed by atoms with Crippen LogP contribution in [-0.4, -0.2) is 26.8 Å². The number of rotatable bonds is 7. The molecule has 1 atom stereocenters. The van der Waals surface area contributed by atoms with Crippen molar-refractivity contribution in [3.8, 4) is 0 Å². The monoisotopic (exact) mass is 254 g/mol. The Bertz CT molecular complexity index is 380. The molecule has 1 aromatic heterocycles. The van der Waals surface area contributed by atoms with E-state index in [4.69, 9.17) is 18.6 Å². The summed E-state index contributed by atoms with van der Waals surface area (Å²) in [5, 5.41) is 0. The molecular formula is C13H18O5. The van der Waals surface area contributed by atoms with Crippen molar-refractivity contribution in [1.29, 1.82) is 0 Å². The summed E-state index contributed by atoms with van der Waals surface area (Å²) in [6.07, 6.45) is 4.72. The normalized spacial score (nSPS) is 13.2. The van der Waals surface area contributed by atoms with Crippen LogP contribution >= 0.6 is 0 Å². The molecule has 0 aliphatic heterocycles. The average molecular weight is 254 g/mol. The van der Waals surface area contributed by atoms with Crippen LogP contribution in [0.3, 0.4) is 0 Å². The van der Waals surface area contributed by atoms with Gasteiger partial charge in [-0.3, -0.25) is 0 Å². The molecule has 5 nitrogen and oxygen atoms in total. The Kier molecular flexibility index (Phi) is 6.00. The third-order valence-electron chi connectivity index (χ3n) is 2.41. The first-order valence-corrected chi connectivity index (χ1v) is 5.67. The lowest BCUT2D eigenvalue weighted by Gasteiger charge is -2.15. The maximum absolute atomic E-state index is 11.3. The molecule has 0 aliphatic carbocycles. The fourth-order valence-corrected chi connectivity index (χ4v) is 1.49. The van der Waals surface area contributed by atoms with Gasteiger partial charge in [-0.25, -0.2) is 4.79 Å². The molecule has 1 heterocycles. The highest BCUT2D eigenvalue weighted by atomic mass is 16.5. The summed E-state index contributed by atoms with van der Waals surface area (Å²) in [7, 11) is 3.10. The van der Waals surface area contributed by atoms with Crippen LogP contribution in [0.1, 0.15) is 25.0 Å². The van der Waals surface area contributed by atoms with E-state index in [-0.39, 0.29) is 6.10 Å². The Morgan fingerprint density at radius 2 is 2.28 bits per heavy atom. The predicted octanol–water partition coefficient (Wildman–Crippen LogP) is 2.45. The molecule has 0 aliphatic rings. The zero-order valence-electron chi connectivity index (χ0n) is 10.8. The molecule has 100 valence electrons. The van der Waals surface area contributed by atoms with Gasteiger partial charge < -0.3 is 18.6 Å². The van der Waals surface area contributed by atoms with E-state index in [9.17, 15) is 4.79 Å². The standard InChI is InChI=1S/C13H18O5/c1-4-18-13(14)8-11(15-2)7-12(16-3)10-5-6-17-9-10/h5-6,8-9,12H,4,7H2,1-3H3/b11-8-. The number of hydrogen-bond donors (Lipinski definition) is 0. The van der Waals surface area contributed by atoms with Crippen molar-refractivity contribution in [2.24, 2.45) is 0 Å². The molecule has 1 unspecified atom stereocenters. The summed E-state index contributed by atoms with van der Waals surface area (Å²) >= 11 is 0. The molecule has 18 heavy (non-hydrogen) atoms. The molecule has 0 spiro atoms. The molecule has 0 saturated heterocycles. The van der Waals surface area contributed by atoms with Gasteiger partial charge in [0.1, 0.15) is 5.76 Å². The number of ether oxygens (including phenoxy) is 3. The van der Waals surface area contributed by atoms with Crippen LogP contribution in [0.2, 0.25) is 0 Å². The zero-order valence-corrected chi connectivity index (χ0v) is 10.8. The first-order valence-electron chi connectivity index (χ1n) is 5.67. The van der Waals surface area contributed by atoms with Crippen LogP contribution in [0.5, 0.6) is 0 Å². The lowest BCUT2D eigenvalue weighted by Crippen LogP contribution is -2.06. The Balaban J connectivity index is 2.69. The highest BCUT2D eigenvalue weighted by Crippen LogP contribution is 2.24. The molecule has 1 aromatic rings. The highest BCUT2D eigenvalue weighted by Gasteiger charge is 2.15. The largest absolute Gasteiger partial charge is 0.501 e. The Labute approximate surface area is 106 Å². The van der Waals surface area contributed by atoms with Gasteiger partial charge in [-0.1, -0.05) is 0 Å². The van der Waals surface area contributed by atoms with Gasteiger partial charge in [-0.2, -0.15) is 0 Å². The van der Waals surface area contributed by atoms with Crippen LogP contribution < -0.4 is 0 Å². The lowest BCUT2D eigenvalue weighted by atomic mass is 10.1. The van der Waals surface area contributed by atoms with E-state index in [1.807, 2.05) is 6.07 Å². The third kappa shape index (κ3) is 4.25. The molecule has 0 amide bonds. The van der Waals surface area contributed by atoms with Gasteiger partial charge >= 0.3 is 5.97 Å². The van der Waals surface area contributed by atoms with Gasteiger partial charge in [-0.05, 0) is 13.0 Å². The molecule has 0 bridgehead atoms. The van der Waals surface area contributed by atoms with E-state index in [1.165, 1.54) is 13.2 Å². The summed E-state index contributed by atoms with van der Waals surface area (Å²) in [4.78, 5) is 11.3. The molecule has 0 radical (unpaired) electrons. The molecule has 5 heteroatoms. The van der Waals surface area contributed by atoms with E-state index in [0.29, 0.717) is 18.8 Å². The lowest BCUT2D eigenvalue weighted by molar-refractivity contribution is -0.137. The van der Waals surface area contributed by atoms with Crippen molar-refractivity contribution in [1.82, 2.24) is 0 Å². The second-order valence-corrected chi connectivity index (χ2v) is 3.55. The van der Waals surface area contributed by atoms with Crippen molar-refractivity contribution in [2.45, 2.75) is 19.4 Å². The van der Waals surface area contributed by atoms with Crippen molar-refractivity contribution in [3.05, 3.63) is 36.0 Å². The van der Waals surface area contributed by atoms with Gasteiger partial charge in [0.05, 0.1) is 38.4 Å². The number of methoxy groups -OCH3 is 2. The highest BCUT2D eigenvalue weighted by molar-refractivity contribution is 5.82. The van der Waals surface area contributed by atoms with Crippen LogP contribution in [-0.2, 0) is 19.0 Å². The zero-order chi connectivity index (χ0) is 13.4. The second-order valence-electron chi connectivity index (χ2n) is 3.55. The quantitative estimate of drug-likeness (QED) is 0.425. The second kappa shape index (κ2) is 7.55. The number of hydrogen-bond acceptors (Lipinski definition) is 5. The molecule has 0 aromatic carbocycles. The van der Waals surface area contributed by atoms with E-state index >= 15 is 0 Å². The van der Waals surface area contributed by atoms with Gasteiger partial charge in [0.2, 0.25) is 0 Å². The van der Waals surface area contributed by atoms with Crippen LogP contribution in [0.25, 0.3) is 0 Å². The minimum Gasteiger partial charge on any atom is -0.501 e. The Morgan fingerprint density at radius 3 is 2.78 bits per heavy atom. The van der Waals surface area contributed by atoms with E-state index in [2.05, 4.69) is 0 Å². The summed E-state index contributed by atoms with van der Waals surface area (Å²) in [6.45, 7) is 2.09. The maximum Gasteiger partial charge on any atom is 0.334 e. The minimum atomic E-state index is -0.420. The number of carbonyl (C=O) groups is 1. The predicted molar refractivity (Wildman–Crippen MR) is 64.8 cm³/mol. The fourth-order valence-electron chi connectivity index (χ4n) is 1.49. The number of furan rings is 1. The molecule has 0 N–H and O–H groups in total. The van der Waals surface area contributed by atoms with Crippen molar-refractivity contribution in [2.75, 3.05) is 20.8 Å².